The Morgan fingerprint density at radius 1 is 1.41 bits per heavy atom. The monoisotopic (exact) mass is 319 g/mol. The van der Waals surface area contributed by atoms with Gasteiger partial charge in [-0.25, -0.2) is 0 Å². The molecule has 1 atom stereocenters. The lowest BCUT2D eigenvalue weighted by Gasteiger charge is -2.25. The average Bonchev–Trinajstić information content (AvgIpc) is 3.07. The first kappa shape index (κ1) is 15.4. The minimum absolute atomic E-state index is 0.428. The highest BCUT2D eigenvalue weighted by Gasteiger charge is 2.29. The summed E-state index contributed by atoms with van der Waals surface area (Å²) < 4.78 is 5.22. The number of benzene rings is 1. The van der Waals surface area contributed by atoms with Crippen LogP contribution in [0, 0.1) is 13.8 Å². The maximum atomic E-state index is 6.40. The summed E-state index contributed by atoms with van der Waals surface area (Å²) in [6.07, 6.45) is 2.39. The van der Waals surface area contributed by atoms with Crippen molar-refractivity contribution in [2.75, 3.05) is 13.7 Å². The third-order valence-electron chi connectivity index (χ3n) is 4.52. The van der Waals surface area contributed by atoms with Crippen LogP contribution in [0.5, 0.6) is 5.75 Å². The molecule has 0 radical (unpaired) electrons. The van der Waals surface area contributed by atoms with Gasteiger partial charge in [0.25, 0.3) is 0 Å². The number of halogens is 1. The van der Waals surface area contributed by atoms with Gasteiger partial charge in [0, 0.05) is 28.9 Å². The molecule has 0 aliphatic carbocycles. The zero-order valence-corrected chi connectivity index (χ0v) is 14.1. The van der Waals surface area contributed by atoms with E-state index in [0.29, 0.717) is 6.04 Å². The Balaban J connectivity index is 1.82. The molecular weight excluding hydrogens is 298 g/mol. The van der Waals surface area contributed by atoms with Crippen LogP contribution in [-0.4, -0.2) is 28.8 Å². The van der Waals surface area contributed by atoms with Gasteiger partial charge in [-0.3, -0.25) is 10.00 Å². The highest BCUT2D eigenvalue weighted by molar-refractivity contribution is 6.31. The second-order valence-corrected chi connectivity index (χ2v) is 6.34. The van der Waals surface area contributed by atoms with E-state index in [-0.39, 0.29) is 0 Å². The van der Waals surface area contributed by atoms with Crippen molar-refractivity contribution in [3.8, 4) is 5.75 Å². The van der Waals surface area contributed by atoms with Gasteiger partial charge in [0.1, 0.15) is 5.75 Å². The summed E-state index contributed by atoms with van der Waals surface area (Å²) in [5, 5.41) is 8.22. The number of hydrogen-bond acceptors (Lipinski definition) is 3. The fourth-order valence-corrected chi connectivity index (χ4v) is 3.63. The predicted octanol–water partition coefficient (Wildman–Crippen LogP) is 4.03. The third kappa shape index (κ3) is 2.85. The Bertz CT molecular complexity index is 648. The molecule has 1 aromatic heterocycles. The average molecular weight is 320 g/mol. The summed E-state index contributed by atoms with van der Waals surface area (Å²) in [6.45, 7) is 6.14. The van der Waals surface area contributed by atoms with E-state index in [9.17, 15) is 0 Å². The summed E-state index contributed by atoms with van der Waals surface area (Å²) in [4.78, 5) is 2.50. The highest BCUT2D eigenvalue weighted by atomic mass is 35.5. The fraction of sp³-hybridized carbons (Fsp3) is 0.471. The largest absolute Gasteiger partial charge is 0.497 e. The van der Waals surface area contributed by atoms with E-state index in [2.05, 4.69) is 35.0 Å². The van der Waals surface area contributed by atoms with Gasteiger partial charge in [-0.2, -0.15) is 5.10 Å². The lowest BCUT2D eigenvalue weighted by atomic mass is 10.0. The molecule has 0 amide bonds. The maximum Gasteiger partial charge on any atom is 0.120 e. The van der Waals surface area contributed by atoms with Gasteiger partial charge >= 0.3 is 0 Å². The number of nitrogens with zero attached hydrogens (tertiary/aromatic N) is 2. The van der Waals surface area contributed by atoms with Crippen molar-refractivity contribution in [2.24, 2.45) is 0 Å². The number of methoxy groups -OCH3 is 1. The molecule has 0 unspecified atom stereocenters. The van der Waals surface area contributed by atoms with Crippen LogP contribution in [0.4, 0.5) is 0 Å². The smallest absolute Gasteiger partial charge is 0.120 e. The number of likely N-dealkylation sites (tertiary alicyclic amines) is 1. The summed E-state index contributed by atoms with van der Waals surface area (Å²) in [5.74, 6) is 0.799. The number of rotatable bonds is 4. The number of H-pyrrole nitrogens is 1. The van der Waals surface area contributed by atoms with E-state index in [1.165, 1.54) is 24.1 Å². The zero-order valence-electron chi connectivity index (χ0n) is 13.3. The Kier molecular flexibility index (Phi) is 4.41. The normalized spacial score (nSPS) is 18.8. The summed E-state index contributed by atoms with van der Waals surface area (Å²) in [6, 6.07) is 6.35. The Morgan fingerprint density at radius 3 is 2.86 bits per heavy atom. The minimum atomic E-state index is 0.428. The molecule has 5 heteroatoms. The highest BCUT2D eigenvalue weighted by Crippen LogP contribution is 2.36. The molecule has 4 nitrogen and oxygen atoms in total. The van der Waals surface area contributed by atoms with Crippen molar-refractivity contribution in [1.82, 2.24) is 15.1 Å². The van der Waals surface area contributed by atoms with Crippen LogP contribution in [0.25, 0.3) is 0 Å². The number of aryl methyl sites for hydroxylation is 2. The van der Waals surface area contributed by atoms with Crippen LogP contribution in [0.2, 0.25) is 5.02 Å². The Morgan fingerprint density at radius 2 is 2.23 bits per heavy atom. The van der Waals surface area contributed by atoms with E-state index in [4.69, 9.17) is 16.3 Å². The first-order valence-corrected chi connectivity index (χ1v) is 8.06. The summed E-state index contributed by atoms with van der Waals surface area (Å²) >= 11 is 6.40. The molecule has 22 heavy (non-hydrogen) atoms. The third-order valence-corrected chi connectivity index (χ3v) is 4.87. The number of hydrogen-bond donors (Lipinski definition) is 1. The van der Waals surface area contributed by atoms with Gasteiger partial charge < -0.3 is 4.74 Å². The lowest BCUT2D eigenvalue weighted by molar-refractivity contribution is 0.247. The first-order chi connectivity index (χ1) is 10.6. The molecule has 0 saturated carbocycles. The van der Waals surface area contributed by atoms with E-state index in [0.717, 1.165) is 35.1 Å². The van der Waals surface area contributed by atoms with Gasteiger partial charge in [-0.15, -0.1) is 0 Å². The molecule has 1 aliphatic heterocycles. The van der Waals surface area contributed by atoms with Gasteiger partial charge in [0.2, 0.25) is 0 Å². The van der Waals surface area contributed by atoms with E-state index >= 15 is 0 Å². The molecule has 2 aromatic rings. The van der Waals surface area contributed by atoms with Crippen LogP contribution in [-0.2, 0) is 6.54 Å². The van der Waals surface area contributed by atoms with Crippen molar-refractivity contribution < 1.29 is 4.74 Å². The number of aromatic amines is 1. The fourth-order valence-electron chi connectivity index (χ4n) is 3.39. The summed E-state index contributed by atoms with van der Waals surface area (Å²) in [5.41, 5.74) is 4.78. The van der Waals surface area contributed by atoms with Crippen molar-refractivity contribution >= 4 is 11.6 Å². The van der Waals surface area contributed by atoms with Crippen LogP contribution in [0.15, 0.2) is 18.2 Å². The van der Waals surface area contributed by atoms with E-state index in [1.807, 2.05) is 12.1 Å². The van der Waals surface area contributed by atoms with E-state index < -0.39 is 0 Å². The van der Waals surface area contributed by atoms with Crippen LogP contribution >= 0.6 is 11.6 Å². The second kappa shape index (κ2) is 6.31. The zero-order chi connectivity index (χ0) is 15.7. The summed E-state index contributed by atoms with van der Waals surface area (Å²) in [7, 11) is 1.66. The van der Waals surface area contributed by atoms with Gasteiger partial charge in [0.05, 0.1) is 12.8 Å². The van der Waals surface area contributed by atoms with Gasteiger partial charge in [0.15, 0.2) is 0 Å². The van der Waals surface area contributed by atoms with Crippen LogP contribution in [0.1, 0.15) is 41.4 Å². The molecule has 3 rings (SSSR count). The first-order valence-electron chi connectivity index (χ1n) is 7.68. The topological polar surface area (TPSA) is 41.1 Å². The molecule has 1 aliphatic rings. The van der Waals surface area contributed by atoms with Crippen molar-refractivity contribution in [1.29, 1.82) is 0 Å². The Hall–Kier alpha value is -1.52. The standard InChI is InChI=1S/C17H22ClN3O/c1-11-17(12(2)20-19-11)16-5-4-8-21(16)10-13-6-7-14(22-3)9-15(13)18/h6-7,9,16H,4-5,8,10H2,1-3H3,(H,19,20)/t16-/m1/s1. The number of nitrogens with one attached hydrogen (secondary N) is 1. The maximum absolute atomic E-state index is 6.40. The molecule has 1 aromatic carbocycles. The SMILES string of the molecule is COc1ccc(CN2CCC[C@@H]2c2c(C)n[nH]c2C)c(Cl)c1. The van der Waals surface area contributed by atoms with Crippen LogP contribution in [0.3, 0.4) is 0 Å². The Labute approximate surface area is 136 Å². The second-order valence-electron chi connectivity index (χ2n) is 5.93. The molecule has 0 bridgehead atoms. The molecular formula is C17H22ClN3O. The predicted molar refractivity (Wildman–Crippen MR) is 88.5 cm³/mol. The molecule has 1 N–H and O–H groups in total. The number of aromatic nitrogens is 2. The van der Waals surface area contributed by atoms with Crippen LogP contribution < -0.4 is 4.74 Å². The van der Waals surface area contributed by atoms with Crippen molar-refractivity contribution in [3.63, 3.8) is 0 Å². The molecule has 118 valence electrons. The number of ether oxygens (including phenoxy) is 1. The van der Waals surface area contributed by atoms with Gasteiger partial charge in [-0.1, -0.05) is 17.7 Å². The molecule has 0 spiro atoms. The lowest BCUT2D eigenvalue weighted by Crippen LogP contribution is -2.23. The molecule has 1 fully saturated rings. The van der Waals surface area contributed by atoms with Crippen molar-refractivity contribution in [2.45, 2.75) is 39.3 Å². The quantitative estimate of drug-likeness (QED) is 0.925. The minimum Gasteiger partial charge on any atom is -0.497 e. The molecule has 1 saturated heterocycles. The van der Waals surface area contributed by atoms with Gasteiger partial charge in [-0.05, 0) is 50.9 Å². The molecule has 2 heterocycles. The van der Waals surface area contributed by atoms with Crippen molar-refractivity contribution in [3.05, 3.63) is 45.7 Å². The van der Waals surface area contributed by atoms with E-state index in [1.54, 1.807) is 7.11 Å².